The molecule has 2 unspecified atom stereocenters. The normalized spacial score (nSPS) is 25.4. The first-order valence-corrected chi connectivity index (χ1v) is 8.35. The highest BCUT2D eigenvalue weighted by Gasteiger charge is 2.26. The lowest BCUT2D eigenvalue weighted by Gasteiger charge is -2.34. The van der Waals surface area contributed by atoms with Gasteiger partial charge in [0.2, 0.25) is 0 Å². The van der Waals surface area contributed by atoms with E-state index in [1.165, 1.54) is 26.1 Å². The Morgan fingerprint density at radius 1 is 1.30 bits per heavy atom. The molecular formula is C16H35N3O. The summed E-state index contributed by atoms with van der Waals surface area (Å²) in [7, 11) is 2.22. The standard InChI is InChI=1S/C16H35N3O/c1-5-16(14-20,17-6-2)9-7-11-19-12-8-10-18(4)13-15(19)3/h15,17,20H,5-14H2,1-4H3. The molecule has 2 atom stereocenters. The van der Waals surface area contributed by atoms with Crippen LogP contribution in [-0.4, -0.2) is 72.9 Å². The summed E-state index contributed by atoms with van der Waals surface area (Å²) in [5.41, 5.74) is -0.0688. The van der Waals surface area contributed by atoms with Crippen LogP contribution in [-0.2, 0) is 0 Å². The van der Waals surface area contributed by atoms with E-state index in [9.17, 15) is 5.11 Å². The molecule has 0 aromatic carbocycles. The Morgan fingerprint density at radius 2 is 2.05 bits per heavy atom. The quantitative estimate of drug-likeness (QED) is 0.710. The maximum atomic E-state index is 9.69. The van der Waals surface area contributed by atoms with Crippen LogP contribution >= 0.6 is 0 Å². The van der Waals surface area contributed by atoms with Gasteiger partial charge in [0.15, 0.2) is 0 Å². The van der Waals surface area contributed by atoms with Crippen LogP contribution in [0.3, 0.4) is 0 Å². The van der Waals surface area contributed by atoms with Crippen LogP contribution in [0.2, 0.25) is 0 Å². The van der Waals surface area contributed by atoms with Gasteiger partial charge in [-0.15, -0.1) is 0 Å². The predicted molar refractivity (Wildman–Crippen MR) is 86.2 cm³/mol. The lowest BCUT2D eigenvalue weighted by atomic mass is 9.91. The van der Waals surface area contributed by atoms with Gasteiger partial charge >= 0.3 is 0 Å². The Labute approximate surface area is 125 Å². The van der Waals surface area contributed by atoms with Crippen LogP contribution in [0.4, 0.5) is 0 Å². The van der Waals surface area contributed by atoms with Gasteiger partial charge < -0.3 is 15.3 Å². The van der Waals surface area contributed by atoms with Gasteiger partial charge in [-0.3, -0.25) is 4.90 Å². The molecule has 0 aromatic heterocycles. The largest absolute Gasteiger partial charge is 0.394 e. The van der Waals surface area contributed by atoms with Gasteiger partial charge in [-0.2, -0.15) is 0 Å². The third-order valence-corrected chi connectivity index (χ3v) is 4.82. The van der Waals surface area contributed by atoms with Crippen molar-refractivity contribution in [1.82, 2.24) is 15.1 Å². The fourth-order valence-electron chi connectivity index (χ4n) is 3.39. The molecule has 0 saturated carbocycles. The summed E-state index contributed by atoms with van der Waals surface area (Å²) in [5, 5.41) is 13.2. The number of hydrogen-bond acceptors (Lipinski definition) is 4. The molecule has 0 radical (unpaired) electrons. The van der Waals surface area contributed by atoms with E-state index >= 15 is 0 Å². The average molecular weight is 285 g/mol. The Bertz CT molecular complexity index is 256. The van der Waals surface area contributed by atoms with E-state index in [1.807, 2.05) is 0 Å². The van der Waals surface area contributed by atoms with Crippen molar-refractivity contribution < 1.29 is 5.11 Å². The number of rotatable bonds is 8. The minimum absolute atomic E-state index is 0.0688. The van der Waals surface area contributed by atoms with Gasteiger partial charge in [0.25, 0.3) is 0 Å². The van der Waals surface area contributed by atoms with Crippen molar-refractivity contribution >= 4 is 0 Å². The van der Waals surface area contributed by atoms with Crippen molar-refractivity contribution in [1.29, 1.82) is 0 Å². The molecule has 0 spiro atoms. The van der Waals surface area contributed by atoms with Crippen molar-refractivity contribution in [2.75, 3.05) is 46.4 Å². The van der Waals surface area contributed by atoms with Gasteiger partial charge in [-0.1, -0.05) is 13.8 Å². The third-order valence-electron chi connectivity index (χ3n) is 4.82. The Kier molecular flexibility index (Phi) is 8.03. The summed E-state index contributed by atoms with van der Waals surface area (Å²) in [6.07, 6.45) is 4.49. The smallest absolute Gasteiger partial charge is 0.0613 e. The van der Waals surface area contributed by atoms with Crippen molar-refractivity contribution in [2.24, 2.45) is 0 Å². The molecule has 0 aromatic rings. The van der Waals surface area contributed by atoms with E-state index in [-0.39, 0.29) is 12.1 Å². The summed E-state index contributed by atoms with van der Waals surface area (Å²) in [6, 6.07) is 0.645. The van der Waals surface area contributed by atoms with Gasteiger partial charge in [-0.25, -0.2) is 0 Å². The first-order valence-electron chi connectivity index (χ1n) is 8.35. The number of hydrogen-bond donors (Lipinski definition) is 2. The topological polar surface area (TPSA) is 38.7 Å². The fourth-order valence-corrected chi connectivity index (χ4v) is 3.39. The van der Waals surface area contributed by atoms with Crippen molar-refractivity contribution in [2.45, 2.75) is 58.0 Å². The molecule has 1 saturated heterocycles. The molecule has 2 N–H and O–H groups in total. The second kappa shape index (κ2) is 8.98. The summed E-state index contributed by atoms with van der Waals surface area (Å²) in [6.45, 7) is 12.6. The predicted octanol–water partition coefficient (Wildman–Crippen LogP) is 1.54. The summed E-state index contributed by atoms with van der Waals surface area (Å²) >= 11 is 0. The van der Waals surface area contributed by atoms with Gasteiger partial charge in [0.05, 0.1) is 6.61 Å². The van der Waals surface area contributed by atoms with Crippen LogP contribution in [0.25, 0.3) is 0 Å². The second-order valence-electron chi connectivity index (χ2n) is 6.43. The van der Waals surface area contributed by atoms with Crippen molar-refractivity contribution in [3.8, 4) is 0 Å². The molecule has 1 heterocycles. The van der Waals surface area contributed by atoms with E-state index in [2.05, 4.69) is 42.9 Å². The molecule has 20 heavy (non-hydrogen) atoms. The zero-order chi connectivity index (χ0) is 15.0. The number of nitrogens with one attached hydrogen (secondary N) is 1. The van der Waals surface area contributed by atoms with E-state index in [0.29, 0.717) is 6.04 Å². The monoisotopic (exact) mass is 285 g/mol. The van der Waals surface area contributed by atoms with E-state index < -0.39 is 0 Å². The third kappa shape index (κ3) is 5.32. The molecule has 1 aliphatic rings. The lowest BCUT2D eigenvalue weighted by molar-refractivity contribution is 0.134. The van der Waals surface area contributed by atoms with Crippen LogP contribution in [0, 0.1) is 0 Å². The number of nitrogens with zero attached hydrogens (tertiary/aromatic N) is 2. The van der Waals surface area contributed by atoms with E-state index in [4.69, 9.17) is 0 Å². The summed E-state index contributed by atoms with van der Waals surface area (Å²) in [4.78, 5) is 5.06. The highest BCUT2D eigenvalue weighted by molar-refractivity contribution is 4.86. The van der Waals surface area contributed by atoms with Crippen LogP contribution < -0.4 is 5.32 Å². The molecular weight excluding hydrogens is 250 g/mol. The SMILES string of the molecule is CCNC(CC)(CO)CCCN1CCCN(C)CC1C. The molecule has 1 rings (SSSR count). The van der Waals surface area contributed by atoms with Gasteiger partial charge in [0, 0.05) is 18.1 Å². The van der Waals surface area contributed by atoms with Gasteiger partial charge in [-0.05, 0) is 65.8 Å². The fraction of sp³-hybridized carbons (Fsp3) is 1.00. The second-order valence-corrected chi connectivity index (χ2v) is 6.43. The molecule has 1 fully saturated rings. The number of likely N-dealkylation sites (N-methyl/N-ethyl adjacent to an activating group) is 2. The molecule has 4 nitrogen and oxygen atoms in total. The van der Waals surface area contributed by atoms with Crippen LogP contribution in [0.15, 0.2) is 0 Å². The highest BCUT2D eigenvalue weighted by atomic mass is 16.3. The minimum atomic E-state index is -0.0688. The highest BCUT2D eigenvalue weighted by Crippen LogP contribution is 2.18. The van der Waals surface area contributed by atoms with E-state index in [0.717, 1.165) is 32.4 Å². The molecule has 0 aliphatic carbocycles. The zero-order valence-electron chi connectivity index (χ0n) is 14.0. The molecule has 0 bridgehead atoms. The molecule has 1 aliphatic heterocycles. The maximum Gasteiger partial charge on any atom is 0.0613 e. The summed E-state index contributed by atoms with van der Waals surface area (Å²) in [5.74, 6) is 0. The van der Waals surface area contributed by atoms with Crippen LogP contribution in [0.5, 0.6) is 0 Å². The van der Waals surface area contributed by atoms with E-state index in [1.54, 1.807) is 0 Å². The van der Waals surface area contributed by atoms with Crippen molar-refractivity contribution in [3.63, 3.8) is 0 Å². The first-order chi connectivity index (χ1) is 9.56. The number of aliphatic hydroxyl groups is 1. The Hall–Kier alpha value is -0.160. The minimum Gasteiger partial charge on any atom is -0.394 e. The average Bonchev–Trinajstić information content (AvgIpc) is 2.59. The lowest BCUT2D eigenvalue weighted by Crippen LogP contribution is -2.48. The molecule has 0 amide bonds. The summed E-state index contributed by atoms with van der Waals surface area (Å²) < 4.78 is 0. The first kappa shape index (κ1) is 17.9. The Morgan fingerprint density at radius 3 is 2.65 bits per heavy atom. The zero-order valence-corrected chi connectivity index (χ0v) is 14.0. The van der Waals surface area contributed by atoms with Gasteiger partial charge in [0.1, 0.15) is 0 Å². The van der Waals surface area contributed by atoms with Crippen molar-refractivity contribution in [3.05, 3.63) is 0 Å². The van der Waals surface area contributed by atoms with Crippen LogP contribution in [0.1, 0.15) is 46.5 Å². The number of aliphatic hydroxyl groups excluding tert-OH is 1. The maximum absolute atomic E-state index is 9.69. The Balaban J connectivity index is 2.41. The molecule has 4 heteroatoms. The molecule has 120 valence electrons.